The van der Waals surface area contributed by atoms with Gasteiger partial charge in [0.1, 0.15) is 6.04 Å². The molecular formula is C36H60N6O4. The van der Waals surface area contributed by atoms with Crippen LogP contribution in [0.2, 0.25) is 0 Å². The molecule has 0 aliphatic rings. The summed E-state index contributed by atoms with van der Waals surface area (Å²) in [6, 6.07) is 14.8. The Bertz CT molecular complexity index is 1120. The van der Waals surface area contributed by atoms with Crippen LogP contribution in [-0.4, -0.2) is 53.8 Å². The van der Waals surface area contributed by atoms with Gasteiger partial charge in [-0.15, -0.1) is 0 Å². The second-order valence-electron chi connectivity index (χ2n) is 13.1. The molecule has 1 aromatic carbocycles. The smallest absolute Gasteiger partial charge is 0.243 e. The summed E-state index contributed by atoms with van der Waals surface area (Å²) < 4.78 is 0. The molecule has 0 aliphatic carbocycles. The summed E-state index contributed by atoms with van der Waals surface area (Å²) in [6.07, 6.45) is 3.27. The Balaban J connectivity index is 0.00000154. The van der Waals surface area contributed by atoms with Crippen LogP contribution in [0.25, 0.3) is 0 Å². The lowest BCUT2D eigenvalue weighted by atomic mass is 9.94. The zero-order valence-corrected chi connectivity index (χ0v) is 29.6. The molecule has 0 saturated heterocycles. The third kappa shape index (κ3) is 22.7. The van der Waals surface area contributed by atoms with Gasteiger partial charge in [-0.3, -0.25) is 24.2 Å². The number of aryl methyl sites for hydroxylation is 1. The van der Waals surface area contributed by atoms with E-state index >= 15 is 0 Å². The topological polar surface area (TPSA) is 155 Å². The summed E-state index contributed by atoms with van der Waals surface area (Å²) in [5.41, 5.74) is 7.43. The maximum Gasteiger partial charge on any atom is 0.243 e. The van der Waals surface area contributed by atoms with Gasteiger partial charge in [-0.25, -0.2) is 0 Å². The van der Waals surface area contributed by atoms with Crippen molar-refractivity contribution < 1.29 is 19.2 Å². The van der Waals surface area contributed by atoms with Crippen molar-refractivity contribution in [3.05, 3.63) is 66.0 Å². The second kappa shape index (κ2) is 24.4. The first-order valence-corrected chi connectivity index (χ1v) is 16.4. The molecule has 6 N–H and O–H groups in total. The minimum atomic E-state index is -0.756. The summed E-state index contributed by atoms with van der Waals surface area (Å²) in [4.78, 5) is 53.5. The van der Waals surface area contributed by atoms with Crippen LogP contribution in [0.1, 0.15) is 85.9 Å². The van der Waals surface area contributed by atoms with Crippen LogP contribution >= 0.6 is 0 Å². The Morgan fingerprint density at radius 3 is 1.78 bits per heavy atom. The molecule has 0 aliphatic heterocycles. The third-order valence-electron chi connectivity index (χ3n) is 6.28. The minimum absolute atomic E-state index is 0.112. The van der Waals surface area contributed by atoms with E-state index in [1.54, 1.807) is 6.20 Å². The van der Waals surface area contributed by atoms with Crippen molar-refractivity contribution in [3.8, 4) is 0 Å². The van der Waals surface area contributed by atoms with Crippen LogP contribution in [0.3, 0.4) is 0 Å². The maximum absolute atomic E-state index is 12.6. The molecule has 2 aromatic rings. The first kappa shape index (κ1) is 42.2. The number of pyridine rings is 1. The molecule has 0 radical (unpaired) electrons. The standard InChI is InChI=1S/C25H42N6O4.C7H8.C4H10/c1-16(2)10-20(12-18(5)24(34)28-14-19-8-6-7-9-27-19)30-23(33)15-29-25(35)21(11-17(3)4)31-22(32)13-26;1-7-5-3-2-4-6-7;1-4(2)3/h6-9,16-18,20-21H,10-15,26H2,1-5H3,(H,28,34)(H,29,35)(H,30,33)(H,31,32);2-6H,1H3;4H,1-3H3/t18?,20-,21?;;/m0../s1. The highest BCUT2D eigenvalue weighted by Gasteiger charge is 2.24. The van der Waals surface area contributed by atoms with Gasteiger partial charge >= 0.3 is 0 Å². The van der Waals surface area contributed by atoms with E-state index in [-0.39, 0.29) is 42.8 Å². The summed E-state index contributed by atoms with van der Waals surface area (Å²) in [6.45, 7) is 18.3. The van der Waals surface area contributed by atoms with E-state index in [1.165, 1.54) is 5.56 Å². The van der Waals surface area contributed by atoms with Gasteiger partial charge < -0.3 is 27.0 Å². The van der Waals surface area contributed by atoms with Crippen LogP contribution in [0.5, 0.6) is 0 Å². The quantitative estimate of drug-likeness (QED) is 0.193. The largest absolute Gasteiger partial charge is 0.352 e. The number of aromatic nitrogens is 1. The molecular weight excluding hydrogens is 580 g/mol. The predicted molar refractivity (Wildman–Crippen MR) is 186 cm³/mol. The molecule has 258 valence electrons. The van der Waals surface area contributed by atoms with Crippen molar-refractivity contribution >= 4 is 23.6 Å². The fourth-order valence-electron chi connectivity index (χ4n) is 4.23. The molecule has 2 unspecified atom stereocenters. The molecule has 3 atom stereocenters. The summed E-state index contributed by atoms with van der Waals surface area (Å²) in [5, 5.41) is 11.0. The van der Waals surface area contributed by atoms with E-state index < -0.39 is 17.9 Å². The number of hydrogen-bond donors (Lipinski definition) is 5. The van der Waals surface area contributed by atoms with E-state index in [0.29, 0.717) is 31.7 Å². The third-order valence-corrected chi connectivity index (χ3v) is 6.28. The molecule has 4 amide bonds. The normalized spacial score (nSPS) is 12.5. The zero-order chi connectivity index (χ0) is 35.1. The van der Waals surface area contributed by atoms with E-state index in [2.05, 4.69) is 66.1 Å². The Kier molecular flexibility index (Phi) is 22.4. The number of benzene rings is 1. The molecule has 46 heavy (non-hydrogen) atoms. The maximum atomic E-state index is 12.6. The van der Waals surface area contributed by atoms with Crippen LogP contribution in [-0.2, 0) is 25.7 Å². The van der Waals surface area contributed by atoms with Gasteiger partial charge in [-0.1, -0.05) is 97.4 Å². The molecule has 0 bridgehead atoms. The molecule has 10 nitrogen and oxygen atoms in total. The van der Waals surface area contributed by atoms with Crippen molar-refractivity contribution in [2.45, 2.75) is 100 Å². The monoisotopic (exact) mass is 640 g/mol. The Morgan fingerprint density at radius 2 is 1.30 bits per heavy atom. The van der Waals surface area contributed by atoms with Crippen LogP contribution in [0.4, 0.5) is 0 Å². The molecule has 1 heterocycles. The summed E-state index contributed by atoms with van der Waals surface area (Å²) >= 11 is 0. The van der Waals surface area contributed by atoms with Crippen molar-refractivity contribution in [2.24, 2.45) is 29.4 Å². The average Bonchev–Trinajstić information content (AvgIpc) is 2.98. The number of nitrogens with two attached hydrogens (primary N) is 1. The molecule has 0 spiro atoms. The van der Waals surface area contributed by atoms with Gasteiger partial charge in [-0.2, -0.15) is 0 Å². The summed E-state index contributed by atoms with van der Waals surface area (Å²) in [7, 11) is 0. The molecule has 10 heteroatoms. The highest BCUT2D eigenvalue weighted by atomic mass is 16.2. The Hall–Kier alpha value is -3.79. The molecule has 0 saturated carbocycles. The lowest BCUT2D eigenvalue weighted by Crippen LogP contribution is -2.51. The number of rotatable bonds is 15. The van der Waals surface area contributed by atoms with Crippen LogP contribution < -0.4 is 27.0 Å². The lowest BCUT2D eigenvalue weighted by molar-refractivity contribution is -0.130. The highest BCUT2D eigenvalue weighted by Crippen LogP contribution is 2.14. The second-order valence-corrected chi connectivity index (χ2v) is 13.1. The fourth-order valence-corrected chi connectivity index (χ4v) is 4.23. The number of hydrogen-bond acceptors (Lipinski definition) is 6. The molecule has 0 fully saturated rings. The van der Waals surface area contributed by atoms with Gasteiger partial charge in [0, 0.05) is 18.2 Å². The highest BCUT2D eigenvalue weighted by molar-refractivity contribution is 5.91. The first-order valence-electron chi connectivity index (χ1n) is 16.4. The van der Waals surface area contributed by atoms with Crippen molar-refractivity contribution in [3.63, 3.8) is 0 Å². The Labute approximate surface area is 277 Å². The van der Waals surface area contributed by atoms with E-state index in [1.807, 2.05) is 71.0 Å². The van der Waals surface area contributed by atoms with Crippen molar-refractivity contribution in [1.29, 1.82) is 0 Å². The minimum Gasteiger partial charge on any atom is -0.352 e. The van der Waals surface area contributed by atoms with Crippen molar-refractivity contribution in [1.82, 2.24) is 26.3 Å². The molecule has 2 rings (SSSR count). The number of carbonyl (C=O) groups is 4. The first-order chi connectivity index (χ1) is 21.6. The number of amides is 4. The van der Waals surface area contributed by atoms with Gasteiger partial charge in [-0.05, 0) is 56.1 Å². The van der Waals surface area contributed by atoms with Gasteiger partial charge in [0.15, 0.2) is 0 Å². The Morgan fingerprint density at radius 1 is 0.717 bits per heavy atom. The van der Waals surface area contributed by atoms with Crippen LogP contribution in [0.15, 0.2) is 54.7 Å². The van der Waals surface area contributed by atoms with Crippen molar-refractivity contribution in [2.75, 3.05) is 13.1 Å². The van der Waals surface area contributed by atoms with Crippen LogP contribution in [0, 0.1) is 30.6 Å². The lowest BCUT2D eigenvalue weighted by Gasteiger charge is -2.24. The van der Waals surface area contributed by atoms with E-state index in [9.17, 15) is 19.2 Å². The average molecular weight is 641 g/mol. The van der Waals surface area contributed by atoms with Gasteiger partial charge in [0.05, 0.1) is 25.3 Å². The van der Waals surface area contributed by atoms with Gasteiger partial charge in [0.2, 0.25) is 23.6 Å². The number of carbonyl (C=O) groups excluding carboxylic acids is 4. The number of nitrogens with zero attached hydrogens (tertiary/aromatic N) is 1. The zero-order valence-electron chi connectivity index (χ0n) is 29.6. The van der Waals surface area contributed by atoms with E-state index in [0.717, 1.165) is 11.6 Å². The number of nitrogens with one attached hydrogen (secondary N) is 4. The van der Waals surface area contributed by atoms with Gasteiger partial charge in [0.25, 0.3) is 0 Å². The fraction of sp³-hybridized carbons (Fsp3) is 0.583. The SMILES string of the molecule is CC(C)C.CC(C)CC(NC(=O)CN)C(=O)NCC(=O)N[C@@H](CC(C)C)CC(C)C(=O)NCc1ccccn1.Cc1ccccc1. The van der Waals surface area contributed by atoms with E-state index in [4.69, 9.17) is 5.73 Å². The summed E-state index contributed by atoms with van der Waals surface area (Å²) in [5.74, 6) is -0.336. The predicted octanol–water partition coefficient (Wildman–Crippen LogP) is 4.52. The molecule has 1 aromatic heterocycles.